The van der Waals surface area contributed by atoms with Crippen molar-refractivity contribution in [2.45, 2.75) is 26.8 Å². The van der Waals surface area contributed by atoms with Gasteiger partial charge in [-0.3, -0.25) is 0 Å². The van der Waals surface area contributed by atoms with E-state index in [1.54, 1.807) is 0 Å². The van der Waals surface area contributed by atoms with E-state index in [9.17, 15) is 0 Å². The van der Waals surface area contributed by atoms with Crippen LogP contribution in [0.5, 0.6) is 0 Å². The van der Waals surface area contributed by atoms with E-state index >= 15 is 0 Å². The Morgan fingerprint density at radius 2 is 1.82 bits per heavy atom. The van der Waals surface area contributed by atoms with Crippen molar-refractivity contribution < 1.29 is 0 Å². The maximum Gasteiger partial charge on any atom is 0.167 e. The Morgan fingerprint density at radius 3 is 2.27 bits per heavy atom. The minimum atomic E-state index is -0.137. The van der Waals surface area contributed by atoms with Gasteiger partial charge in [-0.15, -0.1) is 5.10 Å². The molecule has 0 saturated carbocycles. The van der Waals surface area contributed by atoms with Gasteiger partial charge in [0.05, 0.1) is 17.4 Å². The molecule has 0 bridgehead atoms. The number of nitrogens with two attached hydrogens (primary N) is 1. The molecule has 11 heavy (non-hydrogen) atoms. The SMILES string of the molecule is Cc1nnc(C(C)N)nc1C. The van der Waals surface area contributed by atoms with Gasteiger partial charge in [0.25, 0.3) is 0 Å². The molecule has 0 aliphatic heterocycles. The predicted octanol–water partition coefficient (Wildman–Crippen LogP) is 0.508. The highest BCUT2D eigenvalue weighted by Gasteiger charge is 2.04. The summed E-state index contributed by atoms with van der Waals surface area (Å²) in [7, 11) is 0. The summed E-state index contributed by atoms with van der Waals surface area (Å²) in [5.74, 6) is 0.605. The molecular formula is C7H12N4. The second kappa shape index (κ2) is 2.92. The summed E-state index contributed by atoms with van der Waals surface area (Å²) in [4.78, 5) is 4.17. The van der Waals surface area contributed by atoms with Crippen molar-refractivity contribution >= 4 is 0 Å². The highest BCUT2D eigenvalue weighted by molar-refractivity contribution is 5.06. The molecule has 0 fully saturated rings. The highest BCUT2D eigenvalue weighted by Crippen LogP contribution is 2.03. The van der Waals surface area contributed by atoms with Crippen LogP contribution in [0.15, 0.2) is 0 Å². The molecule has 0 radical (unpaired) electrons. The molecule has 1 unspecified atom stereocenters. The number of hydrogen-bond donors (Lipinski definition) is 1. The highest BCUT2D eigenvalue weighted by atomic mass is 15.2. The summed E-state index contributed by atoms with van der Waals surface area (Å²) in [6.07, 6.45) is 0. The van der Waals surface area contributed by atoms with Gasteiger partial charge in [0, 0.05) is 0 Å². The van der Waals surface area contributed by atoms with E-state index in [0.29, 0.717) is 5.82 Å². The monoisotopic (exact) mass is 152 g/mol. The lowest BCUT2D eigenvalue weighted by Crippen LogP contribution is -2.12. The zero-order chi connectivity index (χ0) is 8.43. The van der Waals surface area contributed by atoms with Crippen molar-refractivity contribution in [1.82, 2.24) is 15.2 Å². The first kappa shape index (κ1) is 8.07. The van der Waals surface area contributed by atoms with Gasteiger partial charge < -0.3 is 5.73 Å². The molecule has 1 aromatic heterocycles. The Morgan fingerprint density at radius 1 is 1.18 bits per heavy atom. The topological polar surface area (TPSA) is 64.7 Å². The summed E-state index contributed by atoms with van der Waals surface area (Å²) in [6.45, 7) is 5.61. The van der Waals surface area contributed by atoms with Crippen LogP contribution in [0.4, 0.5) is 0 Å². The van der Waals surface area contributed by atoms with Crippen LogP contribution in [0, 0.1) is 13.8 Å². The zero-order valence-electron chi connectivity index (χ0n) is 7.00. The Hall–Kier alpha value is -1.03. The van der Waals surface area contributed by atoms with Gasteiger partial charge in [-0.25, -0.2) is 4.98 Å². The van der Waals surface area contributed by atoms with Crippen LogP contribution in [-0.4, -0.2) is 15.2 Å². The van der Waals surface area contributed by atoms with Gasteiger partial charge in [-0.05, 0) is 20.8 Å². The van der Waals surface area contributed by atoms with E-state index in [1.165, 1.54) is 0 Å². The van der Waals surface area contributed by atoms with Crippen LogP contribution in [-0.2, 0) is 0 Å². The average Bonchev–Trinajstić information content (AvgIpc) is 1.94. The van der Waals surface area contributed by atoms with Crippen molar-refractivity contribution in [2.24, 2.45) is 5.73 Å². The van der Waals surface area contributed by atoms with Crippen LogP contribution in [0.3, 0.4) is 0 Å². The molecule has 0 amide bonds. The van der Waals surface area contributed by atoms with Crippen LogP contribution < -0.4 is 5.73 Å². The lowest BCUT2D eigenvalue weighted by molar-refractivity contribution is 0.692. The van der Waals surface area contributed by atoms with Crippen LogP contribution in [0.1, 0.15) is 30.2 Å². The van der Waals surface area contributed by atoms with Gasteiger partial charge in [0.2, 0.25) is 0 Å². The smallest absolute Gasteiger partial charge is 0.167 e. The van der Waals surface area contributed by atoms with Crippen LogP contribution in [0.25, 0.3) is 0 Å². The molecule has 1 aromatic rings. The van der Waals surface area contributed by atoms with Gasteiger partial charge in [0.1, 0.15) is 0 Å². The fourth-order valence-electron chi connectivity index (χ4n) is 0.667. The van der Waals surface area contributed by atoms with Crippen molar-refractivity contribution in [2.75, 3.05) is 0 Å². The third kappa shape index (κ3) is 1.71. The van der Waals surface area contributed by atoms with Crippen LogP contribution >= 0.6 is 0 Å². The molecule has 1 heterocycles. The predicted molar refractivity (Wildman–Crippen MR) is 41.9 cm³/mol. The Kier molecular flexibility index (Phi) is 2.14. The van der Waals surface area contributed by atoms with Crippen LogP contribution in [0.2, 0.25) is 0 Å². The summed E-state index contributed by atoms with van der Waals surface area (Å²) in [5.41, 5.74) is 7.32. The molecule has 4 nitrogen and oxygen atoms in total. The Labute approximate surface area is 65.9 Å². The Bertz CT molecular complexity index is 257. The third-order valence-electron chi connectivity index (χ3n) is 1.52. The Balaban J connectivity index is 3.05. The molecule has 1 atom stereocenters. The second-order valence-electron chi connectivity index (χ2n) is 2.63. The summed E-state index contributed by atoms with van der Waals surface area (Å²) in [6, 6.07) is -0.137. The van der Waals surface area contributed by atoms with E-state index in [-0.39, 0.29) is 6.04 Å². The fourth-order valence-corrected chi connectivity index (χ4v) is 0.667. The van der Waals surface area contributed by atoms with E-state index in [4.69, 9.17) is 5.73 Å². The number of aromatic nitrogens is 3. The zero-order valence-corrected chi connectivity index (χ0v) is 7.00. The van der Waals surface area contributed by atoms with Gasteiger partial charge in [-0.2, -0.15) is 5.10 Å². The maximum atomic E-state index is 5.57. The maximum absolute atomic E-state index is 5.57. The molecule has 4 heteroatoms. The normalized spacial score (nSPS) is 13.1. The second-order valence-corrected chi connectivity index (χ2v) is 2.63. The van der Waals surface area contributed by atoms with Gasteiger partial charge >= 0.3 is 0 Å². The number of rotatable bonds is 1. The van der Waals surface area contributed by atoms with Crippen molar-refractivity contribution in [3.05, 3.63) is 17.2 Å². The molecular weight excluding hydrogens is 140 g/mol. The standard InChI is InChI=1S/C7H12N4/c1-4(8)7-9-5(2)6(3)10-11-7/h4H,8H2,1-3H3. The first-order chi connectivity index (χ1) is 5.11. The van der Waals surface area contributed by atoms with Crippen molar-refractivity contribution in [3.63, 3.8) is 0 Å². The van der Waals surface area contributed by atoms with Gasteiger partial charge in [0.15, 0.2) is 5.82 Å². The summed E-state index contributed by atoms with van der Waals surface area (Å²) >= 11 is 0. The minimum absolute atomic E-state index is 0.137. The van der Waals surface area contributed by atoms with E-state index in [1.807, 2.05) is 20.8 Å². The number of aryl methyl sites for hydroxylation is 2. The lowest BCUT2D eigenvalue weighted by Gasteiger charge is -2.03. The largest absolute Gasteiger partial charge is 0.321 e. The average molecular weight is 152 g/mol. The quantitative estimate of drug-likeness (QED) is 0.636. The molecule has 1 rings (SSSR count). The number of hydrogen-bond acceptors (Lipinski definition) is 4. The molecule has 0 aromatic carbocycles. The van der Waals surface area contributed by atoms with E-state index in [2.05, 4.69) is 15.2 Å². The van der Waals surface area contributed by atoms with E-state index in [0.717, 1.165) is 11.4 Å². The molecule has 0 aliphatic rings. The molecule has 2 N–H and O–H groups in total. The molecule has 0 spiro atoms. The van der Waals surface area contributed by atoms with Gasteiger partial charge in [-0.1, -0.05) is 0 Å². The van der Waals surface area contributed by atoms with E-state index < -0.39 is 0 Å². The minimum Gasteiger partial charge on any atom is -0.321 e. The van der Waals surface area contributed by atoms with Crippen molar-refractivity contribution in [1.29, 1.82) is 0 Å². The summed E-state index contributed by atoms with van der Waals surface area (Å²) in [5, 5.41) is 7.76. The fraction of sp³-hybridized carbons (Fsp3) is 0.571. The summed E-state index contributed by atoms with van der Waals surface area (Å²) < 4.78 is 0. The molecule has 0 saturated heterocycles. The van der Waals surface area contributed by atoms with Crippen molar-refractivity contribution in [3.8, 4) is 0 Å². The first-order valence-corrected chi connectivity index (χ1v) is 3.54. The lowest BCUT2D eigenvalue weighted by atomic mass is 10.3. The third-order valence-corrected chi connectivity index (χ3v) is 1.52. The molecule has 60 valence electrons. The first-order valence-electron chi connectivity index (χ1n) is 3.54. The molecule has 0 aliphatic carbocycles. The number of nitrogens with zero attached hydrogens (tertiary/aromatic N) is 3.